The predicted octanol–water partition coefficient (Wildman–Crippen LogP) is 2.37. The van der Waals surface area contributed by atoms with Crippen molar-refractivity contribution in [3.05, 3.63) is 69.4 Å². The fourth-order valence-corrected chi connectivity index (χ4v) is 3.97. The highest BCUT2D eigenvalue weighted by atomic mass is 32.1. The van der Waals surface area contributed by atoms with Crippen LogP contribution in [0.1, 0.15) is 41.7 Å². The summed E-state index contributed by atoms with van der Waals surface area (Å²) in [6, 6.07) is 13.6. The van der Waals surface area contributed by atoms with Crippen molar-refractivity contribution >= 4 is 35.2 Å². The van der Waals surface area contributed by atoms with Crippen LogP contribution in [0.5, 0.6) is 0 Å². The Morgan fingerprint density at radius 2 is 1.82 bits per heavy atom. The van der Waals surface area contributed by atoms with Gasteiger partial charge in [0, 0.05) is 17.4 Å². The van der Waals surface area contributed by atoms with Gasteiger partial charge in [0.05, 0.1) is 24.7 Å². The summed E-state index contributed by atoms with van der Waals surface area (Å²) in [6.45, 7) is 4.52. The third-order valence-electron chi connectivity index (χ3n) is 4.82. The fourth-order valence-electron chi connectivity index (χ4n) is 3.23. The molecule has 0 spiro atoms. The maximum Gasteiger partial charge on any atom is 0.408 e. The maximum absolute atomic E-state index is 13.5. The van der Waals surface area contributed by atoms with Gasteiger partial charge in [0.2, 0.25) is 5.91 Å². The molecule has 0 aliphatic rings. The van der Waals surface area contributed by atoms with Crippen molar-refractivity contribution in [2.45, 2.75) is 44.9 Å². The minimum Gasteiger partial charge on any atom is -0.478 e. The number of thiophene rings is 1. The number of nitrogens with one attached hydrogen (secondary N) is 3. The molecule has 0 saturated carbocycles. The summed E-state index contributed by atoms with van der Waals surface area (Å²) in [4.78, 5) is 51.2. The number of amides is 3. The number of alkyl carbamates (subject to hydrolysis) is 1. The number of nitrogens with zero attached hydrogens (tertiary/aromatic N) is 2. The predicted molar refractivity (Wildman–Crippen MR) is 138 cm³/mol. The molecule has 4 N–H and O–H groups in total. The molecule has 11 nitrogen and oxygen atoms in total. The molecule has 1 aromatic carbocycles. The SMILES string of the molecule is CC(C)(C)OC(=O)N[C@@](C=CC(=O)O)(Cc1cccc(C#N)c1)C(=O)NCC(=O)NCc1ccc(C#N)s1. The number of hydrogen-bond donors (Lipinski definition) is 4. The molecule has 0 unspecified atom stereocenters. The Morgan fingerprint density at radius 1 is 1.08 bits per heavy atom. The molecule has 1 heterocycles. The summed E-state index contributed by atoms with van der Waals surface area (Å²) in [7, 11) is 0. The molecule has 198 valence electrons. The van der Waals surface area contributed by atoms with E-state index < -0.39 is 41.6 Å². The molecule has 2 rings (SSSR count). The van der Waals surface area contributed by atoms with Crippen LogP contribution in [0.3, 0.4) is 0 Å². The van der Waals surface area contributed by atoms with Gasteiger partial charge in [-0.3, -0.25) is 9.59 Å². The summed E-state index contributed by atoms with van der Waals surface area (Å²) >= 11 is 1.22. The molecule has 2 aromatic rings. The van der Waals surface area contributed by atoms with E-state index in [9.17, 15) is 29.5 Å². The molecule has 0 aliphatic carbocycles. The first-order chi connectivity index (χ1) is 17.9. The van der Waals surface area contributed by atoms with Gasteiger partial charge in [-0.15, -0.1) is 11.3 Å². The molecule has 0 radical (unpaired) electrons. The highest BCUT2D eigenvalue weighted by Crippen LogP contribution is 2.20. The fraction of sp³-hybridized carbons (Fsp3) is 0.308. The smallest absolute Gasteiger partial charge is 0.408 e. The van der Waals surface area contributed by atoms with Gasteiger partial charge >= 0.3 is 12.1 Å². The Labute approximate surface area is 223 Å². The van der Waals surface area contributed by atoms with E-state index in [-0.39, 0.29) is 13.0 Å². The number of carbonyl (C=O) groups excluding carboxylic acids is 3. The van der Waals surface area contributed by atoms with Gasteiger partial charge in [0.1, 0.15) is 22.1 Å². The van der Waals surface area contributed by atoms with Gasteiger partial charge in [0.15, 0.2) is 0 Å². The number of nitriles is 2. The molecule has 0 fully saturated rings. The van der Waals surface area contributed by atoms with E-state index in [0.29, 0.717) is 22.1 Å². The van der Waals surface area contributed by atoms with Gasteiger partial charge in [-0.25, -0.2) is 9.59 Å². The number of carbonyl (C=O) groups is 4. The standard InChI is InChI=1S/C26H27N5O6S/c1-25(2,3)37-24(36)31-26(10-9-22(33)34,12-17-5-4-6-18(11-17)13-27)23(35)30-16-21(32)29-15-20-8-7-19(14-28)38-20/h4-11H,12,15-16H2,1-3H3,(H,29,32)(H,30,35)(H,31,36)(H,33,34)/t26-/m0/s1. The summed E-state index contributed by atoms with van der Waals surface area (Å²) < 4.78 is 5.29. The molecular formula is C26H27N5O6S. The molecule has 0 aliphatic heterocycles. The topological polar surface area (TPSA) is 181 Å². The van der Waals surface area contributed by atoms with E-state index in [0.717, 1.165) is 11.0 Å². The second kappa shape index (κ2) is 13.0. The highest BCUT2D eigenvalue weighted by Gasteiger charge is 2.39. The monoisotopic (exact) mass is 537 g/mol. The quantitative estimate of drug-likeness (QED) is 0.333. The van der Waals surface area contributed by atoms with Gasteiger partial charge in [-0.05, 0) is 56.7 Å². The van der Waals surface area contributed by atoms with Crippen LogP contribution >= 0.6 is 11.3 Å². The summed E-state index contributed by atoms with van der Waals surface area (Å²) in [5.74, 6) is -2.80. The molecule has 1 atom stereocenters. The Balaban J connectivity index is 2.30. The largest absolute Gasteiger partial charge is 0.478 e. The number of carboxylic acids is 1. The molecule has 12 heteroatoms. The van der Waals surface area contributed by atoms with Crippen molar-refractivity contribution < 1.29 is 29.0 Å². The zero-order valence-electron chi connectivity index (χ0n) is 21.0. The number of carboxylic acid groups (broad SMARTS) is 1. The first-order valence-electron chi connectivity index (χ1n) is 11.3. The number of benzene rings is 1. The van der Waals surface area contributed by atoms with Gasteiger partial charge in [0.25, 0.3) is 5.91 Å². The summed E-state index contributed by atoms with van der Waals surface area (Å²) in [6.07, 6.45) is 0.468. The third-order valence-corrected chi connectivity index (χ3v) is 5.81. The van der Waals surface area contributed by atoms with E-state index in [4.69, 9.17) is 10.00 Å². The van der Waals surface area contributed by atoms with Gasteiger partial charge in [-0.2, -0.15) is 10.5 Å². The second-order valence-electron chi connectivity index (χ2n) is 9.10. The summed E-state index contributed by atoms with van der Waals surface area (Å²) in [5.41, 5.74) is -2.16. The zero-order chi connectivity index (χ0) is 28.3. The van der Waals surface area contributed by atoms with Crippen LogP contribution in [0, 0.1) is 22.7 Å². The van der Waals surface area contributed by atoms with Crippen LogP contribution in [0.15, 0.2) is 48.6 Å². The maximum atomic E-state index is 13.5. The second-order valence-corrected chi connectivity index (χ2v) is 10.3. The first-order valence-corrected chi connectivity index (χ1v) is 12.1. The third kappa shape index (κ3) is 9.41. The van der Waals surface area contributed by atoms with E-state index in [1.165, 1.54) is 17.4 Å². The normalized spacial score (nSPS) is 12.4. The van der Waals surface area contributed by atoms with Crippen LogP contribution < -0.4 is 16.0 Å². The van der Waals surface area contributed by atoms with Crippen molar-refractivity contribution in [3.63, 3.8) is 0 Å². The molecule has 38 heavy (non-hydrogen) atoms. The van der Waals surface area contributed by atoms with Crippen molar-refractivity contribution in [2.75, 3.05) is 6.54 Å². The number of hydrogen-bond acceptors (Lipinski definition) is 8. The van der Waals surface area contributed by atoms with Gasteiger partial charge < -0.3 is 25.8 Å². The van der Waals surface area contributed by atoms with Crippen LogP contribution in [0.4, 0.5) is 4.79 Å². The molecule has 3 amide bonds. The molecule has 0 saturated heterocycles. The van der Waals surface area contributed by atoms with Crippen LogP contribution in [-0.4, -0.2) is 46.7 Å². The number of rotatable bonds is 10. The van der Waals surface area contributed by atoms with Crippen molar-refractivity contribution in [2.24, 2.45) is 0 Å². The average Bonchev–Trinajstić information content (AvgIpc) is 3.31. The molecule has 1 aromatic heterocycles. The Kier molecular flexibility index (Phi) is 10.1. The van der Waals surface area contributed by atoms with Crippen molar-refractivity contribution in [1.82, 2.24) is 16.0 Å². The van der Waals surface area contributed by atoms with Crippen LogP contribution in [0.2, 0.25) is 0 Å². The number of ether oxygens (including phenoxy) is 1. The Hall–Kier alpha value is -4.68. The Morgan fingerprint density at radius 3 is 2.42 bits per heavy atom. The van der Waals surface area contributed by atoms with E-state index in [2.05, 4.69) is 16.0 Å². The van der Waals surface area contributed by atoms with E-state index in [1.54, 1.807) is 51.1 Å². The van der Waals surface area contributed by atoms with Crippen LogP contribution in [0.25, 0.3) is 0 Å². The number of aliphatic carboxylic acids is 1. The van der Waals surface area contributed by atoms with Crippen LogP contribution in [-0.2, 0) is 32.1 Å². The zero-order valence-corrected chi connectivity index (χ0v) is 21.8. The lowest BCUT2D eigenvalue weighted by atomic mass is 9.88. The lowest BCUT2D eigenvalue weighted by Gasteiger charge is -2.32. The van der Waals surface area contributed by atoms with E-state index in [1.807, 2.05) is 12.1 Å². The highest BCUT2D eigenvalue weighted by molar-refractivity contribution is 7.12. The summed E-state index contributed by atoms with van der Waals surface area (Å²) in [5, 5.41) is 34.9. The van der Waals surface area contributed by atoms with Gasteiger partial charge in [-0.1, -0.05) is 12.1 Å². The molecular weight excluding hydrogens is 510 g/mol. The first kappa shape index (κ1) is 29.5. The minimum atomic E-state index is -1.98. The Bertz CT molecular complexity index is 1310. The minimum absolute atomic E-state index is 0.141. The lowest BCUT2D eigenvalue weighted by molar-refractivity contribution is -0.131. The van der Waals surface area contributed by atoms with Crippen molar-refractivity contribution in [3.8, 4) is 12.1 Å². The molecule has 0 bridgehead atoms. The average molecular weight is 538 g/mol. The lowest BCUT2D eigenvalue weighted by Crippen LogP contribution is -2.60. The van der Waals surface area contributed by atoms with E-state index >= 15 is 0 Å². The van der Waals surface area contributed by atoms with Crippen molar-refractivity contribution in [1.29, 1.82) is 10.5 Å².